The zero-order valence-electron chi connectivity index (χ0n) is 16.7. The molecular weight excluding hydrogens is 380 g/mol. The number of carbonyl (C=O) groups excluding carboxylic acids is 1. The van der Waals surface area contributed by atoms with Crippen molar-refractivity contribution in [3.05, 3.63) is 53.6 Å². The number of hydrogen-bond donors (Lipinski definition) is 1. The van der Waals surface area contributed by atoms with E-state index in [0.717, 1.165) is 11.8 Å². The first-order valence-electron chi connectivity index (χ1n) is 8.79. The first kappa shape index (κ1) is 21.6. The van der Waals surface area contributed by atoms with Gasteiger partial charge in [-0.1, -0.05) is 23.8 Å². The second-order valence-electron chi connectivity index (χ2n) is 6.79. The molecule has 2 aromatic carbocycles. The standard InChI is InChI=1S/C20H26N2O5S/c1-14(2)22(20(23)21-17-9-6-15(3)7-10-17)13-16-8-11-18(26-4)19(12-16)27-28(5,24)25/h6-12,14H,13H2,1-5H3,(H,21,23). The van der Waals surface area contributed by atoms with Gasteiger partial charge in [0.15, 0.2) is 11.5 Å². The molecule has 0 aromatic heterocycles. The fraction of sp³-hybridized carbons (Fsp3) is 0.350. The maximum Gasteiger partial charge on any atom is 0.322 e. The molecule has 7 nitrogen and oxygen atoms in total. The molecule has 0 fully saturated rings. The number of hydrogen-bond acceptors (Lipinski definition) is 5. The molecule has 0 spiro atoms. The highest BCUT2D eigenvalue weighted by Crippen LogP contribution is 2.30. The highest BCUT2D eigenvalue weighted by Gasteiger charge is 2.19. The first-order chi connectivity index (χ1) is 13.1. The summed E-state index contributed by atoms with van der Waals surface area (Å²) < 4.78 is 33.1. The summed E-state index contributed by atoms with van der Waals surface area (Å²) in [4.78, 5) is 14.4. The molecule has 0 saturated heterocycles. The average Bonchev–Trinajstić information content (AvgIpc) is 2.60. The maximum absolute atomic E-state index is 12.7. The van der Waals surface area contributed by atoms with Crippen LogP contribution in [0.5, 0.6) is 11.5 Å². The summed E-state index contributed by atoms with van der Waals surface area (Å²) in [5, 5.41) is 2.88. The molecule has 8 heteroatoms. The molecule has 0 saturated carbocycles. The van der Waals surface area contributed by atoms with Crippen LogP contribution in [0.3, 0.4) is 0 Å². The maximum atomic E-state index is 12.7. The Morgan fingerprint density at radius 1 is 1.11 bits per heavy atom. The number of amides is 2. The SMILES string of the molecule is COc1ccc(CN(C(=O)Nc2ccc(C)cc2)C(C)C)cc1OS(C)(=O)=O. The van der Waals surface area contributed by atoms with Crippen LogP contribution in [0, 0.1) is 6.92 Å². The van der Waals surface area contributed by atoms with Crippen LogP contribution in [0.25, 0.3) is 0 Å². The van der Waals surface area contributed by atoms with E-state index in [4.69, 9.17) is 8.92 Å². The lowest BCUT2D eigenvalue weighted by molar-refractivity contribution is 0.193. The molecule has 2 aromatic rings. The fourth-order valence-corrected chi connectivity index (χ4v) is 3.02. The van der Waals surface area contributed by atoms with Crippen molar-refractivity contribution in [1.82, 2.24) is 4.90 Å². The summed E-state index contributed by atoms with van der Waals surface area (Å²) in [7, 11) is -2.27. The number of nitrogens with one attached hydrogen (secondary N) is 1. The lowest BCUT2D eigenvalue weighted by Gasteiger charge is -2.27. The Labute approximate surface area is 166 Å². The zero-order chi connectivity index (χ0) is 20.9. The van der Waals surface area contributed by atoms with Crippen molar-refractivity contribution in [1.29, 1.82) is 0 Å². The Morgan fingerprint density at radius 3 is 2.29 bits per heavy atom. The van der Waals surface area contributed by atoms with Gasteiger partial charge < -0.3 is 19.1 Å². The highest BCUT2D eigenvalue weighted by atomic mass is 32.2. The summed E-state index contributed by atoms with van der Waals surface area (Å²) in [5.41, 5.74) is 2.53. The van der Waals surface area contributed by atoms with E-state index >= 15 is 0 Å². The molecule has 0 heterocycles. The van der Waals surface area contributed by atoms with Crippen molar-refractivity contribution in [3.8, 4) is 11.5 Å². The van der Waals surface area contributed by atoms with Crippen LogP contribution in [0.1, 0.15) is 25.0 Å². The van der Waals surface area contributed by atoms with Crippen molar-refractivity contribution in [2.45, 2.75) is 33.4 Å². The molecule has 2 rings (SSSR count). The van der Waals surface area contributed by atoms with Gasteiger partial charge in [-0.2, -0.15) is 8.42 Å². The van der Waals surface area contributed by atoms with Gasteiger partial charge in [-0.05, 0) is 50.6 Å². The number of benzene rings is 2. The summed E-state index contributed by atoms with van der Waals surface area (Å²) >= 11 is 0. The van der Waals surface area contributed by atoms with Gasteiger partial charge in [0.05, 0.1) is 13.4 Å². The zero-order valence-corrected chi connectivity index (χ0v) is 17.5. The Bertz CT molecular complexity index is 924. The van der Waals surface area contributed by atoms with E-state index in [1.54, 1.807) is 23.1 Å². The average molecular weight is 407 g/mol. The quantitative estimate of drug-likeness (QED) is 0.707. The predicted molar refractivity (Wildman–Crippen MR) is 109 cm³/mol. The molecule has 0 aliphatic heterocycles. The second-order valence-corrected chi connectivity index (χ2v) is 8.37. The van der Waals surface area contributed by atoms with Crippen molar-refractivity contribution in [3.63, 3.8) is 0 Å². The summed E-state index contributed by atoms with van der Waals surface area (Å²) in [6.45, 7) is 6.07. The Balaban J connectivity index is 2.22. The molecule has 2 amide bonds. The van der Waals surface area contributed by atoms with Gasteiger partial charge in [-0.15, -0.1) is 0 Å². The third-order valence-electron chi connectivity index (χ3n) is 4.01. The van der Waals surface area contributed by atoms with E-state index in [1.807, 2.05) is 45.0 Å². The van der Waals surface area contributed by atoms with Crippen molar-refractivity contribution in [2.75, 3.05) is 18.7 Å². The monoisotopic (exact) mass is 406 g/mol. The molecule has 0 bridgehead atoms. The molecule has 0 aliphatic rings. The topological polar surface area (TPSA) is 84.9 Å². The van der Waals surface area contributed by atoms with Gasteiger partial charge in [0.1, 0.15) is 0 Å². The number of nitrogens with zero attached hydrogens (tertiary/aromatic N) is 1. The minimum atomic E-state index is -3.70. The van der Waals surface area contributed by atoms with Crippen molar-refractivity contribution < 1.29 is 22.1 Å². The molecule has 0 unspecified atom stereocenters. The Kier molecular flexibility index (Phi) is 6.90. The second kappa shape index (κ2) is 8.97. The van der Waals surface area contributed by atoms with Gasteiger partial charge >= 0.3 is 16.1 Å². The summed E-state index contributed by atoms with van der Waals surface area (Å²) in [5.74, 6) is 0.388. The lowest BCUT2D eigenvalue weighted by atomic mass is 10.1. The molecule has 1 N–H and O–H groups in total. The van der Waals surface area contributed by atoms with Gasteiger partial charge in [0, 0.05) is 18.3 Å². The summed E-state index contributed by atoms with van der Waals surface area (Å²) in [6.07, 6.45) is 0.967. The lowest BCUT2D eigenvalue weighted by Crippen LogP contribution is -2.39. The normalized spacial score (nSPS) is 11.2. The van der Waals surface area contributed by atoms with E-state index in [1.165, 1.54) is 7.11 Å². The number of urea groups is 1. The highest BCUT2D eigenvalue weighted by molar-refractivity contribution is 7.86. The van der Waals surface area contributed by atoms with E-state index in [-0.39, 0.29) is 24.4 Å². The van der Waals surface area contributed by atoms with Crippen LogP contribution in [-0.2, 0) is 16.7 Å². The van der Waals surface area contributed by atoms with Gasteiger partial charge in [-0.25, -0.2) is 4.79 Å². The number of aryl methyl sites for hydroxylation is 1. The molecule has 28 heavy (non-hydrogen) atoms. The van der Waals surface area contributed by atoms with Crippen LogP contribution >= 0.6 is 0 Å². The molecule has 0 aliphatic carbocycles. The number of methoxy groups -OCH3 is 1. The third-order valence-corrected chi connectivity index (χ3v) is 4.49. The minimum absolute atomic E-state index is 0.0770. The summed E-state index contributed by atoms with van der Waals surface area (Å²) in [6, 6.07) is 12.2. The van der Waals surface area contributed by atoms with Crippen LogP contribution in [-0.4, -0.2) is 38.8 Å². The number of carbonyl (C=O) groups is 1. The van der Waals surface area contributed by atoms with Crippen LogP contribution in [0.4, 0.5) is 10.5 Å². The smallest absolute Gasteiger partial charge is 0.322 e. The Hall–Kier alpha value is -2.74. The predicted octanol–water partition coefficient (Wildman–Crippen LogP) is 3.78. The number of anilines is 1. The molecule has 152 valence electrons. The van der Waals surface area contributed by atoms with Crippen molar-refractivity contribution >= 4 is 21.8 Å². The molecular formula is C20H26N2O5S. The first-order valence-corrected chi connectivity index (χ1v) is 10.6. The minimum Gasteiger partial charge on any atom is -0.493 e. The van der Waals surface area contributed by atoms with Gasteiger partial charge in [0.2, 0.25) is 0 Å². The fourth-order valence-electron chi connectivity index (χ4n) is 2.57. The van der Waals surface area contributed by atoms with Crippen LogP contribution < -0.4 is 14.2 Å². The van der Waals surface area contributed by atoms with Crippen LogP contribution in [0.2, 0.25) is 0 Å². The number of ether oxygens (including phenoxy) is 1. The third kappa shape index (κ3) is 6.16. The van der Waals surface area contributed by atoms with Gasteiger partial charge in [-0.3, -0.25) is 0 Å². The van der Waals surface area contributed by atoms with E-state index in [0.29, 0.717) is 17.0 Å². The largest absolute Gasteiger partial charge is 0.493 e. The van der Waals surface area contributed by atoms with E-state index < -0.39 is 10.1 Å². The number of rotatable bonds is 7. The van der Waals surface area contributed by atoms with E-state index in [9.17, 15) is 13.2 Å². The van der Waals surface area contributed by atoms with Crippen molar-refractivity contribution in [2.24, 2.45) is 0 Å². The Morgan fingerprint density at radius 2 is 1.75 bits per heavy atom. The molecule has 0 radical (unpaired) electrons. The van der Waals surface area contributed by atoms with E-state index in [2.05, 4.69) is 5.32 Å². The van der Waals surface area contributed by atoms with Gasteiger partial charge in [0.25, 0.3) is 0 Å². The van der Waals surface area contributed by atoms with Crippen LogP contribution in [0.15, 0.2) is 42.5 Å². The molecule has 0 atom stereocenters.